The molecule has 0 spiro atoms. The van der Waals surface area contributed by atoms with Crippen molar-refractivity contribution in [3.63, 3.8) is 0 Å². The van der Waals surface area contributed by atoms with Gasteiger partial charge in [0, 0.05) is 10.7 Å². The van der Waals surface area contributed by atoms with Crippen LogP contribution in [0.15, 0.2) is 72.8 Å². The van der Waals surface area contributed by atoms with Gasteiger partial charge in [0.25, 0.3) is 5.91 Å². The minimum Gasteiger partial charge on any atom is -0.489 e. The Morgan fingerprint density at radius 2 is 1.56 bits per heavy atom. The van der Waals surface area contributed by atoms with Crippen LogP contribution >= 0.6 is 11.6 Å². The molecule has 0 aliphatic carbocycles. The van der Waals surface area contributed by atoms with Gasteiger partial charge in [-0.05, 0) is 54.6 Å². The lowest BCUT2D eigenvalue weighted by molar-refractivity contribution is 0.0922. The van der Waals surface area contributed by atoms with Crippen LogP contribution in [0.3, 0.4) is 0 Å². The number of halogens is 1. The summed E-state index contributed by atoms with van der Waals surface area (Å²) in [4.78, 5) is 12.2. The normalized spacial score (nSPS) is 15.3. The van der Waals surface area contributed by atoms with E-state index in [0.717, 1.165) is 17.2 Å². The number of hydrogen-bond acceptors (Lipinski definition) is 4. The first kappa shape index (κ1) is 17.2. The second-order valence-electron chi connectivity index (χ2n) is 6.06. The van der Waals surface area contributed by atoms with Crippen molar-refractivity contribution in [1.29, 1.82) is 0 Å². The maximum Gasteiger partial charge on any atom is 0.255 e. The summed E-state index contributed by atoms with van der Waals surface area (Å²) in [5.74, 6) is 2.02. The topological polar surface area (TPSA) is 59.6 Å². The number of para-hydroxylation sites is 1. The van der Waals surface area contributed by atoms with Gasteiger partial charge in [0.05, 0.1) is 5.56 Å². The lowest BCUT2D eigenvalue weighted by Gasteiger charge is -2.27. The largest absolute Gasteiger partial charge is 0.489 e. The molecule has 2 N–H and O–H groups in total. The number of fused-ring (bicyclic) bond motifs is 1. The molecule has 1 aliphatic heterocycles. The van der Waals surface area contributed by atoms with Gasteiger partial charge < -0.3 is 20.1 Å². The minimum atomic E-state index is -0.327. The van der Waals surface area contributed by atoms with Crippen molar-refractivity contribution in [1.82, 2.24) is 5.32 Å². The first-order chi connectivity index (χ1) is 13.2. The number of hydrogen-bond donors (Lipinski definition) is 2. The fraction of sp³-hybridized carbons (Fsp3) is 0.0952. The van der Waals surface area contributed by atoms with E-state index in [9.17, 15) is 4.79 Å². The monoisotopic (exact) mass is 380 g/mol. The van der Waals surface area contributed by atoms with E-state index in [1.807, 2.05) is 54.6 Å². The SMILES string of the molecule is O=C1NC(COc2ccc(Oc3ccccc3)cc2)Nc2ccc(Cl)cc21. The van der Waals surface area contributed by atoms with Crippen LogP contribution in [0.5, 0.6) is 17.2 Å². The fourth-order valence-corrected chi connectivity index (χ4v) is 2.95. The summed E-state index contributed by atoms with van der Waals surface area (Å²) < 4.78 is 11.5. The van der Waals surface area contributed by atoms with Crippen molar-refractivity contribution in [3.05, 3.63) is 83.4 Å². The Kier molecular flexibility index (Phi) is 4.85. The number of carbonyl (C=O) groups excluding carboxylic acids is 1. The standard InChI is InChI=1S/C21H17ClN2O3/c22-14-6-11-19-18(12-14)21(25)24-20(23-19)13-26-15-7-9-17(10-8-15)27-16-4-2-1-3-5-16/h1-12,20,23H,13H2,(H,24,25). The van der Waals surface area contributed by atoms with Gasteiger partial charge in [0.2, 0.25) is 0 Å². The quantitative estimate of drug-likeness (QED) is 0.674. The van der Waals surface area contributed by atoms with E-state index >= 15 is 0 Å². The molecule has 5 nitrogen and oxygen atoms in total. The third-order valence-electron chi connectivity index (χ3n) is 4.08. The van der Waals surface area contributed by atoms with Crippen LogP contribution in [0, 0.1) is 0 Å². The van der Waals surface area contributed by atoms with Crippen molar-refractivity contribution < 1.29 is 14.3 Å². The highest BCUT2D eigenvalue weighted by Crippen LogP contribution is 2.25. The summed E-state index contributed by atoms with van der Waals surface area (Å²) in [7, 11) is 0. The van der Waals surface area contributed by atoms with Crippen molar-refractivity contribution in [3.8, 4) is 17.2 Å². The van der Waals surface area contributed by atoms with Crippen LogP contribution in [-0.4, -0.2) is 18.7 Å². The van der Waals surface area contributed by atoms with Crippen molar-refractivity contribution >= 4 is 23.2 Å². The molecule has 1 aliphatic rings. The predicted octanol–water partition coefficient (Wildman–Crippen LogP) is 4.69. The minimum absolute atomic E-state index is 0.175. The van der Waals surface area contributed by atoms with E-state index in [0.29, 0.717) is 16.3 Å². The van der Waals surface area contributed by atoms with Crippen LogP contribution < -0.4 is 20.1 Å². The smallest absolute Gasteiger partial charge is 0.255 e. The van der Waals surface area contributed by atoms with E-state index in [-0.39, 0.29) is 18.7 Å². The zero-order valence-corrected chi connectivity index (χ0v) is 15.1. The Morgan fingerprint density at radius 3 is 2.33 bits per heavy atom. The average Bonchev–Trinajstić information content (AvgIpc) is 2.69. The number of carbonyl (C=O) groups is 1. The molecule has 0 saturated carbocycles. The molecule has 136 valence electrons. The van der Waals surface area contributed by atoms with Crippen molar-refractivity contribution in [2.45, 2.75) is 6.17 Å². The van der Waals surface area contributed by atoms with Gasteiger partial charge in [-0.1, -0.05) is 29.8 Å². The first-order valence-electron chi connectivity index (χ1n) is 8.50. The summed E-state index contributed by atoms with van der Waals surface area (Å²) >= 11 is 5.94. The molecule has 0 aromatic heterocycles. The van der Waals surface area contributed by atoms with E-state index in [1.165, 1.54) is 0 Å². The highest BCUT2D eigenvalue weighted by molar-refractivity contribution is 6.31. The second kappa shape index (κ2) is 7.60. The van der Waals surface area contributed by atoms with E-state index in [4.69, 9.17) is 21.1 Å². The summed E-state index contributed by atoms with van der Waals surface area (Å²) in [5, 5.41) is 6.61. The molecule has 27 heavy (non-hydrogen) atoms. The summed E-state index contributed by atoms with van der Waals surface area (Å²) in [6.07, 6.45) is -0.327. The molecule has 4 rings (SSSR count). The zero-order valence-electron chi connectivity index (χ0n) is 14.3. The number of rotatable bonds is 5. The third-order valence-corrected chi connectivity index (χ3v) is 4.32. The summed E-state index contributed by atoms with van der Waals surface area (Å²) in [5.41, 5.74) is 1.27. The molecule has 0 bridgehead atoms. The van der Waals surface area contributed by atoms with Gasteiger partial charge in [0.15, 0.2) is 0 Å². The van der Waals surface area contributed by atoms with E-state index in [2.05, 4.69) is 10.6 Å². The van der Waals surface area contributed by atoms with E-state index in [1.54, 1.807) is 18.2 Å². The lowest BCUT2D eigenvalue weighted by Crippen LogP contribution is -2.48. The van der Waals surface area contributed by atoms with Gasteiger partial charge in [0.1, 0.15) is 30.0 Å². The molecular formula is C21H17ClN2O3. The Morgan fingerprint density at radius 1 is 0.852 bits per heavy atom. The van der Waals surface area contributed by atoms with Crippen molar-refractivity contribution in [2.24, 2.45) is 0 Å². The molecule has 3 aromatic rings. The van der Waals surface area contributed by atoms with Crippen LogP contribution in [0.4, 0.5) is 5.69 Å². The highest BCUT2D eigenvalue weighted by Gasteiger charge is 2.24. The highest BCUT2D eigenvalue weighted by atomic mass is 35.5. The molecule has 1 atom stereocenters. The Labute approximate surface area is 161 Å². The Balaban J connectivity index is 1.35. The predicted molar refractivity (Wildman–Crippen MR) is 105 cm³/mol. The van der Waals surface area contributed by atoms with Gasteiger partial charge in [-0.15, -0.1) is 0 Å². The molecule has 6 heteroatoms. The molecular weight excluding hydrogens is 364 g/mol. The van der Waals surface area contributed by atoms with Crippen molar-refractivity contribution in [2.75, 3.05) is 11.9 Å². The maximum atomic E-state index is 12.2. The number of amides is 1. The second-order valence-corrected chi connectivity index (χ2v) is 6.49. The Bertz CT molecular complexity index is 945. The number of ether oxygens (including phenoxy) is 2. The molecule has 0 radical (unpaired) electrons. The van der Waals surface area contributed by atoms with Crippen LogP contribution in [0.25, 0.3) is 0 Å². The molecule has 0 saturated heterocycles. The average molecular weight is 381 g/mol. The molecule has 3 aromatic carbocycles. The van der Waals surface area contributed by atoms with Gasteiger partial charge in [-0.2, -0.15) is 0 Å². The Hall–Kier alpha value is -3.18. The number of nitrogens with one attached hydrogen (secondary N) is 2. The molecule has 1 heterocycles. The summed E-state index contributed by atoms with van der Waals surface area (Å²) in [6, 6.07) is 22.1. The van der Waals surface area contributed by atoms with Gasteiger partial charge >= 0.3 is 0 Å². The lowest BCUT2D eigenvalue weighted by atomic mass is 10.1. The zero-order chi connectivity index (χ0) is 18.6. The van der Waals surface area contributed by atoms with Crippen LogP contribution in [0.1, 0.15) is 10.4 Å². The molecule has 1 amide bonds. The molecule has 0 fully saturated rings. The summed E-state index contributed by atoms with van der Waals surface area (Å²) in [6.45, 7) is 0.284. The maximum absolute atomic E-state index is 12.2. The van der Waals surface area contributed by atoms with Gasteiger partial charge in [-0.3, -0.25) is 4.79 Å². The number of anilines is 1. The molecule has 1 unspecified atom stereocenters. The van der Waals surface area contributed by atoms with Crippen LogP contribution in [0.2, 0.25) is 5.02 Å². The third kappa shape index (κ3) is 4.15. The van der Waals surface area contributed by atoms with Crippen LogP contribution in [-0.2, 0) is 0 Å². The number of benzene rings is 3. The first-order valence-corrected chi connectivity index (χ1v) is 8.88. The van der Waals surface area contributed by atoms with E-state index < -0.39 is 0 Å². The van der Waals surface area contributed by atoms with Gasteiger partial charge in [-0.25, -0.2) is 0 Å². The fourth-order valence-electron chi connectivity index (χ4n) is 2.78.